The van der Waals surface area contributed by atoms with E-state index in [0.29, 0.717) is 79.7 Å². The molecule has 0 saturated carbocycles. The van der Waals surface area contributed by atoms with Crippen molar-refractivity contribution in [2.45, 2.75) is 0 Å². The van der Waals surface area contributed by atoms with E-state index in [-0.39, 0.29) is 23.5 Å². The number of aliphatic imine (C=N–C) groups is 6. The van der Waals surface area contributed by atoms with Crippen molar-refractivity contribution < 1.29 is 9.59 Å². The fraction of sp³-hybridized carbons (Fsp3) is 0.0385. The lowest BCUT2D eigenvalue weighted by atomic mass is 10.1. The number of nitrogens with two attached hydrogens (primary N) is 6. The van der Waals surface area contributed by atoms with Crippen molar-refractivity contribution in [3.63, 3.8) is 0 Å². The number of rotatable bonds is 14. The average Bonchev–Trinajstić information content (AvgIpc) is 3.37. The van der Waals surface area contributed by atoms with Crippen LogP contribution in [0.2, 0.25) is 0 Å². The number of nitrogens with zero attached hydrogens (tertiary/aromatic N) is 6. The fourth-order valence-electron chi connectivity index (χ4n) is 6.53. The van der Waals surface area contributed by atoms with Gasteiger partial charge in [0, 0.05) is 70.0 Å². The maximum atomic E-state index is 13.1. The van der Waals surface area contributed by atoms with Gasteiger partial charge < -0.3 is 45.0 Å². The number of anilines is 2. The summed E-state index contributed by atoms with van der Waals surface area (Å²) in [5.74, 6) is 1.44. The topological polar surface area (TPSA) is 288 Å². The molecular weight excluding hydrogens is 853 g/mol. The van der Waals surface area contributed by atoms with E-state index in [0.717, 1.165) is 22.3 Å². The molecule has 0 bridgehead atoms. The second kappa shape index (κ2) is 21.3. The van der Waals surface area contributed by atoms with Crippen LogP contribution in [-0.4, -0.2) is 60.9 Å². The summed E-state index contributed by atoms with van der Waals surface area (Å²) in [5, 5.41) is 5.73. The van der Waals surface area contributed by atoms with E-state index in [1.54, 1.807) is 111 Å². The Bertz CT molecular complexity index is 2890. The molecule has 0 atom stereocenters. The molecule has 14 N–H and O–H groups in total. The lowest BCUT2D eigenvalue weighted by Crippen LogP contribution is -2.15. The van der Waals surface area contributed by atoms with Crippen molar-refractivity contribution in [1.29, 1.82) is 0 Å². The lowest BCUT2D eigenvalue weighted by Gasteiger charge is -2.09. The molecule has 7 aromatic rings. The highest BCUT2D eigenvalue weighted by atomic mass is 16.2. The number of amidine groups is 6. The molecule has 0 radical (unpaired) electrons. The number of carbonyl (C=O) groups excluding carboxylic acids is 2. The summed E-state index contributed by atoms with van der Waals surface area (Å²) < 4.78 is 0. The molecule has 0 saturated heterocycles. The van der Waals surface area contributed by atoms with Crippen LogP contribution in [0.15, 0.2) is 200 Å². The first-order valence-corrected chi connectivity index (χ1v) is 21.0. The van der Waals surface area contributed by atoms with Crippen molar-refractivity contribution in [3.8, 4) is 0 Å². The summed E-state index contributed by atoms with van der Waals surface area (Å²) in [6, 6.07) is 49.3. The third-order valence-electron chi connectivity index (χ3n) is 10.4. The summed E-state index contributed by atoms with van der Waals surface area (Å²) in [5.41, 5.74) is 45.7. The summed E-state index contributed by atoms with van der Waals surface area (Å²) in [7, 11) is 3.27. The van der Waals surface area contributed by atoms with Gasteiger partial charge in [-0.1, -0.05) is 0 Å². The Morgan fingerprint density at radius 1 is 0.294 bits per heavy atom. The molecule has 0 spiro atoms. The van der Waals surface area contributed by atoms with Crippen LogP contribution in [0.3, 0.4) is 0 Å². The quantitative estimate of drug-likeness (QED) is 0.0414. The van der Waals surface area contributed by atoms with Crippen molar-refractivity contribution in [2.75, 3.05) is 24.7 Å². The Balaban J connectivity index is 0.885. The summed E-state index contributed by atoms with van der Waals surface area (Å²) in [6.45, 7) is 0. The van der Waals surface area contributed by atoms with Crippen molar-refractivity contribution in [1.82, 2.24) is 0 Å². The minimum absolute atomic E-state index is 0.288. The minimum atomic E-state index is -0.349. The van der Waals surface area contributed by atoms with Gasteiger partial charge >= 0.3 is 0 Å². The van der Waals surface area contributed by atoms with Crippen LogP contribution >= 0.6 is 0 Å². The minimum Gasteiger partial charge on any atom is -0.384 e. The molecule has 2 amide bonds. The van der Waals surface area contributed by atoms with Crippen LogP contribution in [0, 0.1) is 0 Å². The van der Waals surface area contributed by atoms with E-state index < -0.39 is 0 Å². The number of hydrogen-bond acceptors (Lipinski definition) is 8. The first kappa shape index (κ1) is 46.3. The highest BCUT2D eigenvalue weighted by Crippen LogP contribution is 2.21. The Morgan fingerprint density at radius 2 is 0.485 bits per heavy atom. The molecule has 7 aromatic carbocycles. The van der Waals surface area contributed by atoms with Crippen molar-refractivity contribution in [2.24, 2.45) is 64.4 Å². The monoisotopic (exact) mass is 900 g/mol. The lowest BCUT2D eigenvalue weighted by molar-refractivity contribution is 0.101. The third kappa shape index (κ3) is 11.9. The number of carbonyl (C=O) groups is 2. The van der Waals surface area contributed by atoms with Gasteiger partial charge in [-0.2, -0.15) is 0 Å². The highest BCUT2D eigenvalue weighted by molar-refractivity contribution is 6.08. The average molecular weight is 901 g/mol. The van der Waals surface area contributed by atoms with Gasteiger partial charge in [-0.15, -0.1) is 0 Å². The SMILES string of the molecule is CN=C(N)c1ccc(N=C(N)c2ccc(N=C(N)c3ccc(NC(=O)c4ccc(C(=O)Nc5ccc(C(N)=Nc6ccc(C(N)=Nc7ccc(C(N)=NC)cc7)cc6)cc5)cc4)cc3)cc2)cc1. The van der Waals surface area contributed by atoms with Crippen LogP contribution in [-0.2, 0) is 0 Å². The molecule has 0 aliphatic carbocycles. The molecule has 7 rings (SSSR count). The Labute approximate surface area is 392 Å². The Hall–Kier alpha value is -9.70. The molecule has 0 aromatic heterocycles. The zero-order valence-electron chi connectivity index (χ0n) is 37.1. The van der Waals surface area contributed by atoms with E-state index in [1.165, 1.54) is 0 Å². The van der Waals surface area contributed by atoms with Gasteiger partial charge in [0.2, 0.25) is 0 Å². The standard InChI is InChI=1S/C52H48N14O2/c1-59-45(53)31-7-19-39(20-8-31)61-47(55)33-11-23-41(24-12-33)63-49(57)35-15-27-43(28-16-35)65-51(67)37-3-5-38(6-4-37)52(68)66-44-29-17-36(18-30-44)50(58)64-42-25-13-34(14-26-42)48(56)62-40-21-9-32(10-22-40)46(54)60-2/h3-30H,1-2H3,(H2,53,59)(H2,54,60)(H2,55,61)(H2,56,62)(H2,57,63)(H2,58,64)(H,65,67)(H,66,68). The molecule has 0 heterocycles. The molecule has 0 aliphatic rings. The number of amides is 2. The van der Waals surface area contributed by atoms with Gasteiger partial charge in [-0.3, -0.25) is 19.6 Å². The molecule has 0 aliphatic heterocycles. The number of hydrogen-bond donors (Lipinski definition) is 8. The van der Waals surface area contributed by atoms with Crippen LogP contribution in [0.4, 0.5) is 34.1 Å². The largest absolute Gasteiger partial charge is 0.384 e. The number of benzene rings is 7. The molecule has 0 unspecified atom stereocenters. The zero-order valence-corrected chi connectivity index (χ0v) is 37.1. The summed E-state index contributed by atoms with van der Waals surface area (Å²) in [6.07, 6.45) is 0. The Kier molecular flexibility index (Phi) is 14.5. The highest BCUT2D eigenvalue weighted by Gasteiger charge is 2.12. The first-order chi connectivity index (χ1) is 32.8. The van der Waals surface area contributed by atoms with E-state index in [2.05, 4.69) is 40.6 Å². The van der Waals surface area contributed by atoms with E-state index in [9.17, 15) is 9.59 Å². The van der Waals surface area contributed by atoms with Crippen molar-refractivity contribution in [3.05, 3.63) is 214 Å². The van der Waals surface area contributed by atoms with Crippen LogP contribution < -0.4 is 45.0 Å². The van der Waals surface area contributed by atoms with Gasteiger partial charge in [0.05, 0.1) is 22.7 Å². The van der Waals surface area contributed by atoms with Crippen molar-refractivity contribution >= 4 is 81.0 Å². The van der Waals surface area contributed by atoms with Gasteiger partial charge in [-0.25, -0.2) is 20.0 Å². The smallest absolute Gasteiger partial charge is 0.255 e. The predicted octanol–water partition coefficient (Wildman–Crippen LogP) is 7.01. The third-order valence-corrected chi connectivity index (χ3v) is 10.4. The van der Waals surface area contributed by atoms with E-state index in [4.69, 9.17) is 34.4 Å². The van der Waals surface area contributed by atoms with Gasteiger partial charge in [-0.05, 0) is 170 Å². The van der Waals surface area contributed by atoms with Crippen LogP contribution in [0.25, 0.3) is 0 Å². The predicted molar refractivity (Wildman–Crippen MR) is 276 cm³/mol. The second-order valence-electron chi connectivity index (χ2n) is 15.0. The second-order valence-corrected chi connectivity index (χ2v) is 15.0. The van der Waals surface area contributed by atoms with E-state index in [1.807, 2.05) is 72.8 Å². The summed E-state index contributed by atoms with van der Waals surface area (Å²) in [4.78, 5) is 52.2. The van der Waals surface area contributed by atoms with Crippen LogP contribution in [0.5, 0.6) is 0 Å². The molecule has 338 valence electrons. The Morgan fingerprint density at radius 3 is 0.706 bits per heavy atom. The van der Waals surface area contributed by atoms with Gasteiger partial charge in [0.25, 0.3) is 11.8 Å². The zero-order chi connectivity index (χ0) is 48.2. The molecule has 16 nitrogen and oxygen atoms in total. The molecule has 16 heteroatoms. The number of nitrogens with one attached hydrogen (secondary N) is 2. The molecular formula is C52H48N14O2. The summed E-state index contributed by atoms with van der Waals surface area (Å²) >= 11 is 0. The fourth-order valence-corrected chi connectivity index (χ4v) is 6.53. The molecule has 0 fully saturated rings. The maximum Gasteiger partial charge on any atom is 0.255 e. The van der Waals surface area contributed by atoms with Gasteiger partial charge in [0.1, 0.15) is 35.0 Å². The van der Waals surface area contributed by atoms with E-state index >= 15 is 0 Å². The normalized spacial score (nSPS) is 12.7. The maximum absolute atomic E-state index is 13.1. The van der Waals surface area contributed by atoms with Crippen LogP contribution in [0.1, 0.15) is 54.1 Å². The molecule has 68 heavy (non-hydrogen) atoms. The van der Waals surface area contributed by atoms with Gasteiger partial charge in [0.15, 0.2) is 0 Å². The first-order valence-electron chi connectivity index (χ1n) is 21.0.